The Balaban J connectivity index is 1.49. The van der Waals surface area contributed by atoms with Gasteiger partial charge in [-0.3, -0.25) is 9.79 Å². The number of carbonyl (C=O) groups excluding carboxylic acids is 1. The van der Waals surface area contributed by atoms with E-state index in [0.717, 1.165) is 29.3 Å². The van der Waals surface area contributed by atoms with E-state index in [-0.39, 0.29) is 28.7 Å². The number of fused-ring (bicyclic) bond motifs is 1. The Kier molecular flexibility index (Phi) is 3.84. The van der Waals surface area contributed by atoms with Gasteiger partial charge in [-0.25, -0.2) is 8.42 Å². The third-order valence-corrected chi connectivity index (χ3v) is 7.61. The van der Waals surface area contributed by atoms with Gasteiger partial charge in [0.25, 0.3) is 5.91 Å². The quantitative estimate of drug-likeness (QED) is 0.849. The molecule has 2 aliphatic heterocycles. The van der Waals surface area contributed by atoms with E-state index in [4.69, 9.17) is 0 Å². The summed E-state index contributed by atoms with van der Waals surface area (Å²) in [4.78, 5) is 16.7. The second-order valence-corrected chi connectivity index (χ2v) is 10.0. The molecule has 2 N–H and O–H groups in total. The molecule has 0 radical (unpaired) electrons. The average molecular weight is 365 g/mol. The average Bonchev–Trinajstić information content (AvgIpc) is 3.16. The monoisotopic (exact) mass is 365 g/mol. The first-order chi connectivity index (χ1) is 11.4. The summed E-state index contributed by atoms with van der Waals surface area (Å²) in [5.74, 6) is 0.280. The van der Waals surface area contributed by atoms with E-state index in [9.17, 15) is 13.2 Å². The van der Waals surface area contributed by atoms with E-state index < -0.39 is 9.84 Å². The van der Waals surface area contributed by atoms with E-state index in [2.05, 4.69) is 15.6 Å². The number of amidine groups is 1. The van der Waals surface area contributed by atoms with E-state index in [1.165, 1.54) is 11.8 Å². The highest BCUT2D eigenvalue weighted by molar-refractivity contribution is 8.15. The molecule has 2 atom stereocenters. The molecular weight excluding hydrogens is 346 g/mol. The zero-order chi connectivity index (χ0) is 16.9. The third kappa shape index (κ3) is 3.30. The number of rotatable bonds is 3. The van der Waals surface area contributed by atoms with Gasteiger partial charge in [-0.05, 0) is 37.5 Å². The first-order valence-electron chi connectivity index (χ1n) is 8.03. The van der Waals surface area contributed by atoms with Crippen LogP contribution in [0.5, 0.6) is 0 Å². The number of carbonyl (C=O) groups is 1. The van der Waals surface area contributed by atoms with Crippen molar-refractivity contribution in [2.75, 3.05) is 16.8 Å². The minimum absolute atomic E-state index is 0.0131. The van der Waals surface area contributed by atoms with E-state index in [1.54, 1.807) is 0 Å². The van der Waals surface area contributed by atoms with Gasteiger partial charge < -0.3 is 10.6 Å². The Labute approximate surface area is 145 Å². The van der Waals surface area contributed by atoms with Crippen molar-refractivity contribution in [1.82, 2.24) is 5.32 Å². The first kappa shape index (κ1) is 16.0. The highest BCUT2D eigenvalue weighted by Gasteiger charge is 2.42. The fraction of sp³-hybridized carbons (Fsp3) is 0.500. The lowest BCUT2D eigenvalue weighted by atomic mass is 10.1. The Morgan fingerprint density at radius 2 is 2.08 bits per heavy atom. The molecule has 1 amide bonds. The topological polar surface area (TPSA) is 87.6 Å². The number of aliphatic imine (C=N–C) groups is 1. The summed E-state index contributed by atoms with van der Waals surface area (Å²) >= 11 is 1.48. The second-order valence-electron chi connectivity index (χ2n) is 6.64. The SMILES string of the molecule is Cc1ccc(C(=O)NC2CC2)cc1NC1=N[C@@H]2CS(=O)(=O)C[C@@H]2S1. The van der Waals surface area contributed by atoms with Crippen LogP contribution in [0, 0.1) is 6.92 Å². The van der Waals surface area contributed by atoms with Crippen molar-refractivity contribution >= 4 is 38.4 Å². The number of hydrogen-bond acceptors (Lipinski definition) is 6. The predicted molar refractivity (Wildman–Crippen MR) is 96.5 cm³/mol. The zero-order valence-corrected chi connectivity index (χ0v) is 14.9. The third-order valence-electron chi connectivity index (χ3n) is 4.47. The summed E-state index contributed by atoms with van der Waals surface area (Å²) in [5.41, 5.74) is 2.49. The molecule has 6 nitrogen and oxygen atoms in total. The summed E-state index contributed by atoms with van der Waals surface area (Å²) in [6.07, 6.45) is 2.11. The number of sulfone groups is 1. The molecular formula is C16H19N3O3S2. The molecule has 24 heavy (non-hydrogen) atoms. The van der Waals surface area contributed by atoms with Gasteiger partial charge in [0.05, 0.1) is 17.5 Å². The highest BCUT2D eigenvalue weighted by atomic mass is 32.2. The molecule has 0 spiro atoms. The number of thioether (sulfide) groups is 1. The van der Waals surface area contributed by atoms with E-state index in [0.29, 0.717) is 11.6 Å². The van der Waals surface area contributed by atoms with E-state index in [1.807, 2.05) is 25.1 Å². The summed E-state index contributed by atoms with van der Waals surface area (Å²) in [6.45, 7) is 1.97. The molecule has 1 aromatic carbocycles. The second kappa shape index (κ2) is 5.77. The molecule has 2 heterocycles. The molecule has 128 valence electrons. The molecule has 1 saturated heterocycles. The van der Waals surface area contributed by atoms with Crippen LogP contribution in [0.1, 0.15) is 28.8 Å². The first-order valence-corrected chi connectivity index (χ1v) is 10.7. The van der Waals surface area contributed by atoms with Crippen LogP contribution >= 0.6 is 11.8 Å². The lowest BCUT2D eigenvalue weighted by molar-refractivity contribution is 0.0951. The summed E-state index contributed by atoms with van der Waals surface area (Å²) in [6, 6.07) is 5.75. The van der Waals surface area contributed by atoms with Crippen LogP contribution in [0.4, 0.5) is 5.69 Å². The summed E-state index contributed by atoms with van der Waals surface area (Å²) < 4.78 is 23.3. The van der Waals surface area contributed by atoms with Crippen LogP contribution in [-0.2, 0) is 9.84 Å². The van der Waals surface area contributed by atoms with Crippen molar-refractivity contribution in [2.45, 2.75) is 37.1 Å². The Morgan fingerprint density at radius 3 is 2.79 bits per heavy atom. The van der Waals surface area contributed by atoms with Crippen molar-refractivity contribution < 1.29 is 13.2 Å². The zero-order valence-electron chi connectivity index (χ0n) is 13.3. The van der Waals surface area contributed by atoms with Gasteiger partial charge in [-0.2, -0.15) is 0 Å². The molecule has 0 unspecified atom stereocenters. The maximum atomic E-state index is 12.2. The van der Waals surface area contributed by atoms with Gasteiger partial charge in [0, 0.05) is 22.5 Å². The number of benzene rings is 1. The van der Waals surface area contributed by atoms with Gasteiger partial charge in [-0.15, -0.1) is 0 Å². The molecule has 0 bridgehead atoms. The maximum Gasteiger partial charge on any atom is 0.251 e. The van der Waals surface area contributed by atoms with Crippen molar-refractivity contribution in [3.05, 3.63) is 29.3 Å². The fourth-order valence-electron chi connectivity index (χ4n) is 2.93. The van der Waals surface area contributed by atoms with Crippen molar-refractivity contribution in [1.29, 1.82) is 0 Å². The van der Waals surface area contributed by atoms with E-state index >= 15 is 0 Å². The van der Waals surface area contributed by atoms with Crippen LogP contribution in [0.2, 0.25) is 0 Å². The largest absolute Gasteiger partial charge is 0.349 e. The predicted octanol–water partition coefficient (Wildman–Crippen LogP) is 1.57. The smallest absolute Gasteiger partial charge is 0.251 e. The minimum atomic E-state index is -2.94. The van der Waals surface area contributed by atoms with Crippen LogP contribution in [0.15, 0.2) is 23.2 Å². The standard InChI is InChI=1S/C16H19N3O3S2/c1-9-2-3-10(15(20)17-11-4-5-11)6-12(9)18-16-19-13-7-24(21,22)8-14(13)23-16/h2-3,6,11,13-14H,4-5,7-8H2,1H3,(H,17,20)(H,18,19)/t13-,14+/m1/s1. The van der Waals surface area contributed by atoms with Gasteiger partial charge >= 0.3 is 0 Å². The Bertz CT molecular complexity index is 831. The Morgan fingerprint density at radius 1 is 1.29 bits per heavy atom. The van der Waals surface area contributed by atoms with Gasteiger partial charge in [-0.1, -0.05) is 17.8 Å². The van der Waals surface area contributed by atoms with Crippen molar-refractivity contribution in [3.8, 4) is 0 Å². The fourth-order valence-corrected chi connectivity index (χ4v) is 6.59. The van der Waals surface area contributed by atoms with Crippen molar-refractivity contribution in [3.63, 3.8) is 0 Å². The number of amides is 1. The van der Waals surface area contributed by atoms with Crippen LogP contribution in [0.25, 0.3) is 0 Å². The molecule has 1 aromatic rings. The van der Waals surface area contributed by atoms with Crippen molar-refractivity contribution in [2.24, 2.45) is 4.99 Å². The molecule has 4 rings (SSSR count). The maximum absolute atomic E-state index is 12.2. The van der Waals surface area contributed by atoms with Crippen LogP contribution < -0.4 is 10.6 Å². The molecule has 8 heteroatoms. The molecule has 1 aliphatic carbocycles. The lowest BCUT2D eigenvalue weighted by Crippen LogP contribution is -2.25. The van der Waals surface area contributed by atoms with Crippen LogP contribution in [-0.4, -0.2) is 48.3 Å². The van der Waals surface area contributed by atoms with Gasteiger partial charge in [0.1, 0.15) is 0 Å². The molecule has 3 aliphatic rings. The number of nitrogens with one attached hydrogen (secondary N) is 2. The Hall–Kier alpha value is -1.54. The summed E-state index contributed by atoms with van der Waals surface area (Å²) in [7, 11) is -2.94. The highest BCUT2D eigenvalue weighted by Crippen LogP contribution is 2.35. The lowest BCUT2D eigenvalue weighted by Gasteiger charge is -2.12. The summed E-state index contributed by atoms with van der Waals surface area (Å²) in [5, 5.41) is 7.00. The number of hydrogen-bond donors (Lipinski definition) is 2. The van der Waals surface area contributed by atoms with Gasteiger partial charge in [0.2, 0.25) is 0 Å². The van der Waals surface area contributed by atoms with Crippen LogP contribution in [0.3, 0.4) is 0 Å². The molecule has 2 fully saturated rings. The van der Waals surface area contributed by atoms with Gasteiger partial charge in [0.15, 0.2) is 15.0 Å². The minimum Gasteiger partial charge on any atom is -0.349 e. The molecule has 1 saturated carbocycles. The number of aryl methyl sites for hydroxylation is 1. The normalized spacial score (nSPS) is 27.5. The number of anilines is 1. The molecule has 0 aromatic heterocycles. The number of nitrogens with zero attached hydrogens (tertiary/aromatic N) is 1.